The van der Waals surface area contributed by atoms with Crippen molar-refractivity contribution >= 4 is 6.29 Å². The van der Waals surface area contributed by atoms with E-state index in [0.29, 0.717) is 0 Å². The van der Waals surface area contributed by atoms with Gasteiger partial charge in [0, 0.05) is 0 Å². The summed E-state index contributed by atoms with van der Waals surface area (Å²) in [4.78, 5) is 10.2. The summed E-state index contributed by atoms with van der Waals surface area (Å²) in [6, 6.07) is 9.23. The summed E-state index contributed by atoms with van der Waals surface area (Å²) in [7, 11) is 0. The first-order valence-corrected chi connectivity index (χ1v) is 8.02. The Morgan fingerprint density at radius 2 is 1.80 bits per heavy atom. The molecule has 0 amide bonds. The quantitative estimate of drug-likeness (QED) is 0.521. The molecule has 1 nitrogen and oxygen atoms in total. The predicted molar refractivity (Wildman–Crippen MR) is 85.0 cm³/mol. The molecule has 1 heteroatoms. The molecule has 0 aliphatic heterocycles. The molecule has 1 aliphatic rings. The first-order valence-electron chi connectivity index (χ1n) is 8.02. The number of rotatable bonds is 6. The Hall–Kier alpha value is -1.37. The molecule has 108 valence electrons. The molecule has 0 heterocycles. The second kappa shape index (κ2) is 8.04. The number of aldehydes is 1. The summed E-state index contributed by atoms with van der Waals surface area (Å²) in [6.07, 6.45) is 13.3. The molecule has 0 saturated heterocycles. The monoisotopic (exact) mass is 270 g/mol. The van der Waals surface area contributed by atoms with Crippen LogP contribution in [0.3, 0.4) is 0 Å². The molecular weight excluding hydrogens is 244 g/mol. The minimum Gasteiger partial charge on any atom is -0.299 e. The molecule has 20 heavy (non-hydrogen) atoms. The Kier molecular flexibility index (Phi) is 6.04. The highest BCUT2D eigenvalue weighted by Crippen LogP contribution is 2.37. The zero-order valence-corrected chi connectivity index (χ0v) is 12.6. The summed E-state index contributed by atoms with van der Waals surface area (Å²) in [5, 5.41) is 0. The van der Waals surface area contributed by atoms with Gasteiger partial charge in [0.2, 0.25) is 0 Å². The lowest BCUT2D eigenvalue weighted by molar-refractivity contribution is -0.104. The van der Waals surface area contributed by atoms with Gasteiger partial charge in [-0.15, -0.1) is 0 Å². The summed E-state index contributed by atoms with van der Waals surface area (Å²) in [5.41, 5.74) is 2.96. The van der Waals surface area contributed by atoms with Crippen molar-refractivity contribution in [1.29, 1.82) is 0 Å². The topological polar surface area (TPSA) is 17.1 Å². The van der Waals surface area contributed by atoms with Gasteiger partial charge >= 0.3 is 0 Å². The van der Waals surface area contributed by atoms with E-state index in [0.717, 1.165) is 31.0 Å². The minimum absolute atomic E-state index is 0.766. The molecule has 1 fully saturated rings. The van der Waals surface area contributed by atoms with Gasteiger partial charge in [0.25, 0.3) is 0 Å². The zero-order chi connectivity index (χ0) is 14.2. The highest BCUT2D eigenvalue weighted by Gasteiger charge is 2.21. The van der Waals surface area contributed by atoms with Crippen molar-refractivity contribution in [2.24, 2.45) is 5.92 Å². The molecular formula is C19H26O. The average molecular weight is 270 g/mol. The lowest BCUT2D eigenvalue weighted by Crippen LogP contribution is -2.13. The van der Waals surface area contributed by atoms with Gasteiger partial charge in [-0.05, 0) is 74.0 Å². The van der Waals surface area contributed by atoms with Crippen molar-refractivity contribution in [2.75, 3.05) is 0 Å². The number of hydrogen-bond acceptors (Lipinski definition) is 1. The maximum absolute atomic E-state index is 10.2. The smallest absolute Gasteiger partial charge is 0.142 e. The van der Waals surface area contributed by atoms with Gasteiger partial charge in [0.1, 0.15) is 6.29 Å². The number of carbonyl (C=O) groups excluding carboxylic acids is 1. The van der Waals surface area contributed by atoms with E-state index in [1.54, 1.807) is 6.08 Å². The van der Waals surface area contributed by atoms with Crippen molar-refractivity contribution in [3.8, 4) is 0 Å². The van der Waals surface area contributed by atoms with Crippen molar-refractivity contribution in [3.63, 3.8) is 0 Å². The third-order valence-electron chi connectivity index (χ3n) is 4.66. The standard InChI is InChI=1S/C19H26O/c1-2-16-7-11-18(12-8-16)19-13-9-17(10-14-19)6-4-3-5-15-20/h3,5,7-8,11-12,15,17,19H,2,4,6,9-10,13-14H2,1H3/b5-3+/t17-,19-. The zero-order valence-electron chi connectivity index (χ0n) is 12.6. The van der Waals surface area contributed by atoms with Crippen LogP contribution in [0.4, 0.5) is 0 Å². The molecule has 0 N–H and O–H groups in total. The van der Waals surface area contributed by atoms with E-state index in [1.165, 1.54) is 43.2 Å². The van der Waals surface area contributed by atoms with Gasteiger partial charge in [-0.25, -0.2) is 0 Å². The van der Waals surface area contributed by atoms with Gasteiger partial charge in [0.15, 0.2) is 0 Å². The molecule has 0 aromatic heterocycles. The third-order valence-corrected chi connectivity index (χ3v) is 4.66. The Morgan fingerprint density at radius 3 is 2.40 bits per heavy atom. The Bertz CT molecular complexity index is 422. The first-order chi connectivity index (χ1) is 9.83. The lowest BCUT2D eigenvalue weighted by atomic mass is 9.77. The van der Waals surface area contributed by atoms with Crippen molar-refractivity contribution in [2.45, 2.75) is 57.8 Å². The van der Waals surface area contributed by atoms with Gasteiger partial charge < -0.3 is 0 Å². The fourth-order valence-corrected chi connectivity index (χ4v) is 3.29. The number of aryl methyl sites for hydroxylation is 1. The van der Waals surface area contributed by atoms with Crippen LogP contribution in [0.1, 0.15) is 62.5 Å². The number of carbonyl (C=O) groups is 1. The third kappa shape index (κ3) is 4.33. The van der Waals surface area contributed by atoms with E-state index in [9.17, 15) is 4.79 Å². The van der Waals surface area contributed by atoms with E-state index in [4.69, 9.17) is 0 Å². The lowest BCUT2D eigenvalue weighted by Gasteiger charge is -2.28. The minimum atomic E-state index is 0.766. The van der Waals surface area contributed by atoms with Gasteiger partial charge in [-0.2, -0.15) is 0 Å². The normalized spacial score (nSPS) is 23.1. The van der Waals surface area contributed by atoms with E-state index < -0.39 is 0 Å². The molecule has 1 aromatic rings. The predicted octanol–water partition coefficient (Wildman–Crippen LogP) is 5.06. The maximum Gasteiger partial charge on any atom is 0.142 e. The molecule has 0 bridgehead atoms. The van der Waals surface area contributed by atoms with Crippen LogP contribution in [0.5, 0.6) is 0 Å². The highest BCUT2D eigenvalue weighted by atomic mass is 16.1. The number of allylic oxidation sites excluding steroid dienone is 2. The largest absolute Gasteiger partial charge is 0.299 e. The van der Waals surface area contributed by atoms with Crippen LogP contribution in [0.15, 0.2) is 36.4 Å². The van der Waals surface area contributed by atoms with Crippen LogP contribution in [0.2, 0.25) is 0 Å². The summed E-state index contributed by atoms with van der Waals surface area (Å²) in [6.45, 7) is 2.21. The Balaban J connectivity index is 1.78. The van der Waals surface area contributed by atoms with Gasteiger partial charge in [0.05, 0.1) is 0 Å². The van der Waals surface area contributed by atoms with Gasteiger partial charge in [-0.3, -0.25) is 4.79 Å². The average Bonchev–Trinajstić information content (AvgIpc) is 2.52. The van der Waals surface area contributed by atoms with Gasteiger partial charge in [-0.1, -0.05) is 37.3 Å². The van der Waals surface area contributed by atoms with Crippen LogP contribution in [-0.4, -0.2) is 6.29 Å². The number of hydrogen-bond donors (Lipinski definition) is 0. The molecule has 0 atom stereocenters. The SMILES string of the molecule is CCc1ccc([C@H]2CC[C@H](CC/C=C/C=O)CC2)cc1. The summed E-state index contributed by atoms with van der Waals surface area (Å²) < 4.78 is 0. The van der Waals surface area contributed by atoms with Crippen LogP contribution >= 0.6 is 0 Å². The van der Waals surface area contributed by atoms with Crippen molar-refractivity contribution in [1.82, 2.24) is 0 Å². The van der Waals surface area contributed by atoms with Crippen LogP contribution < -0.4 is 0 Å². The fraction of sp³-hybridized carbons (Fsp3) is 0.526. The number of benzene rings is 1. The first kappa shape index (κ1) is 15.0. The van der Waals surface area contributed by atoms with E-state index in [-0.39, 0.29) is 0 Å². The summed E-state index contributed by atoms with van der Waals surface area (Å²) in [5.74, 6) is 1.63. The molecule has 0 unspecified atom stereocenters. The molecule has 1 aromatic carbocycles. The van der Waals surface area contributed by atoms with E-state index in [1.807, 2.05) is 6.08 Å². The Labute approximate surface area is 123 Å². The maximum atomic E-state index is 10.2. The second-order valence-corrected chi connectivity index (χ2v) is 5.95. The van der Waals surface area contributed by atoms with Crippen molar-refractivity contribution < 1.29 is 4.79 Å². The highest BCUT2D eigenvalue weighted by molar-refractivity contribution is 5.64. The molecule has 1 saturated carbocycles. The van der Waals surface area contributed by atoms with Crippen LogP contribution in [0.25, 0.3) is 0 Å². The fourth-order valence-electron chi connectivity index (χ4n) is 3.29. The molecule has 0 spiro atoms. The van der Waals surface area contributed by atoms with Crippen molar-refractivity contribution in [3.05, 3.63) is 47.5 Å². The van der Waals surface area contributed by atoms with Crippen LogP contribution in [-0.2, 0) is 11.2 Å². The van der Waals surface area contributed by atoms with E-state index >= 15 is 0 Å². The molecule has 2 rings (SSSR count). The Morgan fingerprint density at radius 1 is 1.10 bits per heavy atom. The van der Waals surface area contributed by atoms with E-state index in [2.05, 4.69) is 31.2 Å². The van der Waals surface area contributed by atoms with Crippen LogP contribution in [0, 0.1) is 5.92 Å². The molecule has 0 radical (unpaired) electrons. The summed E-state index contributed by atoms with van der Waals surface area (Å²) >= 11 is 0. The second-order valence-electron chi connectivity index (χ2n) is 5.95. The molecule has 1 aliphatic carbocycles.